The monoisotopic (exact) mass is 761 g/mol. The molecule has 11 heteroatoms. The summed E-state index contributed by atoms with van der Waals surface area (Å²) in [5, 5.41) is 12.1. The summed E-state index contributed by atoms with van der Waals surface area (Å²) in [7, 11) is 2.86. The number of carbonyl (C=O) groups excluding carboxylic acids is 4. The van der Waals surface area contributed by atoms with Crippen LogP contribution in [0.4, 0.5) is 11.4 Å². The lowest BCUT2D eigenvalue weighted by Gasteiger charge is -2.50. The van der Waals surface area contributed by atoms with E-state index in [1.165, 1.54) is 19.1 Å². The van der Waals surface area contributed by atoms with Crippen LogP contribution in [0.25, 0.3) is 0 Å². The number of fused-ring (bicyclic) bond motifs is 4. The van der Waals surface area contributed by atoms with Crippen LogP contribution in [0.2, 0.25) is 0 Å². The Kier molecular flexibility index (Phi) is 8.21. The van der Waals surface area contributed by atoms with Gasteiger partial charge in [0.2, 0.25) is 17.6 Å². The number of amides is 4. The third-order valence-electron chi connectivity index (χ3n) is 11.3. The van der Waals surface area contributed by atoms with Crippen molar-refractivity contribution in [1.82, 2.24) is 5.01 Å². The zero-order valence-corrected chi connectivity index (χ0v) is 30.3. The van der Waals surface area contributed by atoms with Crippen molar-refractivity contribution >= 4 is 50.9 Å². The van der Waals surface area contributed by atoms with Gasteiger partial charge in [-0.2, -0.15) is 5.01 Å². The number of allylic oxidation sites excluding steroid dienone is 2. The number of hydrazine groups is 1. The minimum Gasteiger partial charge on any atom is -0.502 e. The molecule has 2 N–H and O–H groups in total. The lowest BCUT2D eigenvalue weighted by molar-refractivity contribution is -0.138. The van der Waals surface area contributed by atoms with Gasteiger partial charge >= 0.3 is 0 Å². The van der Waals surface area contributed by atoms with Crippen LogP contribution < -0.4 is 19.8 Å². The van der Waals surface area contributed by atoms with Crippen LogP contribution in [0.1, 0.15) is 35.4 Å². The van der Waals surface area contributed by atoms with Gasteiger partial charge in [-0.05, 0) is 85.3 Å². The number of imide groups is 2. The fraction of sp³-hybridized carbons (Fsp3) is 0.268. The highest BCUT2D eigenvalue weighted by molar-refractivity contribution is 9.10. The van der Waals surface area contributed by atoms with E-state index in [-0.39, 0.29) is 41.9 Å². The number of benzene rings is 4. The average Bonchev–Trinajstić information content (AvgIpc) is 3.54. The number of hydrogen-bond acceptors (Lipinski definition) is 8. The van der Waals surface area contributed by atoms with E-state index in [9.17, 15) is 19.5 Å². The molecule has 2 aliphatic carbocycles. The Morgan fingerprint density at radius 1 is 0.827 bits per heavy atom. The van der Waals surface area contributed by atoms with E-state index in [1.807, 2.05) is 67.6 Å². The van der Waals surface area contributed by atoms with E-state index in [4.69, 9.17) is 9.47 Å². The first-order chi connectivity index (χ1) is 25.1. The summed E-state index contributed by atoms with van der Waals surface area (Å²) in [6, 6.07) is 27.1. The third kappa shape index (κ3) is 4.89. The van der Waals surface area contributed by atoms with Gasteiger partial charge in [0.25, 0.3) is 11.8 Å². The van der Waals surface area contributed by atoms with Gasteiger partial charge in [-0.15, -0.1) is 0 Å². The highest BCUT2D eigenvalue weighted by atomic mass is 79.9. The number of ether oxygens (including phenoxy) is 2. The zero-order valence-electron chi connectivity index (χ0n) is 28.7. The van der Waals surface area contributed by atoms with E-state index in [1.54, 1.807) is 36.4 Å². The van der Waals surface area contributed by atoms with Crippen LogP contribution >= 0.6 is 15.9 Å². The van der Waals surface area contributed by atoms with Crippen molar-refractivity contribution in [2.45, 2.75) is 31.1 Å². The van der Waals surface area contributed by atoms with Gasteiger partial charge < -0.3 is 14.6 Å². The SMILES string of the molecule is COc1cc(C2C3=CCC4C(=O)N(c5ccc(Br)cc5)C(=O)C4C3CC3C(=O)N(Nc4ccc(C)cc4)C(=O)C32c2ccccc2)cc(OC)c1O. The molecule has 2 aliphatic heterocycles. The minimum absolute atomic E-state index is 0.130. The molecule has 6 atom stereocenters. The maximum absolute atomic E-state index is 15.4. The van der Waals surface area contributed by atoms with Crippen LogP contribution in [0.15, 0.2) is 107 Å². The highest BCUT2D eigenvalue weighted by Crippen LogP contribution is 2.65. The van der Waals surface area contributed by atoms with E-state index in [0.717, 1.165) is 20.6 Å². The molecule has 10 nitrogen and oxygen atoms in total. The molecule has 52 heavy (non-hydrogen) atoms. The largest absolute Gasteiger partial charge is 0.502 e. The number of phenols is 1. The van der Waals surface area contributed by atoms with Gasteiger partial charge in [-0.25, -0.2) is 0 Å². The molecule has 2 saturated heterocycles. The fourth-order valence-electron chi connectivity index (χ4n) is 9.05. The molecule has 8 rings (SSSR count). The highest BCUT2D eigenvalue weighted by Gasteiger charge is 2.70. The number of nitrogens with zero attached hydrogens (tertiary/aromatic N) is 2. The van der Waals surface area contributed by atoms with Gasteiger partial charge in [-0.1, -0.05) is 75.6 Å². The number of rotatable bonds is 7. The van der Waals surface area contributed by atoms with Gasteiger partial charge in [0.05, 0.1) is 48.8 Å². The smallest absolute Gasteiger partial charge is 0.260 e. The van der Waals surface area contributed by atoms with Crippen LogP contribution in [-0.2, 0) is 24.6 Å². The van der Waals surface area contributed by atoms with Gasteiger partial charge in [-0.3, -0.25) is 29.5 Å². The van der Waals surface area contributed by atoms with Crippen molar-refractivity contribution in [3.63, 3.8) is 0 Å². The van der Waals surface area contributed by atoms with Crippen molar-refractivity contribution in [2.24, 2.45) is 23.7 Å². The Morgan fingerprint density at radius 3 is 2.12 bits per heavy atom. The van der Waals surface area contributed by atoms with E-state index < -0.39 is 46.8 Å². The number of carbonyl (C=O) groups is 4. The van der Waals surface area contributed by atoms with Crippen molar-refractivity contribution in [1.29, 1.82) is 0 Å². The number of aromatic hydroxyl groups is 1. The van der Waals surface area contributed by atoms with E-state index in [0.29, 0.717) is 22.5 Å². The summed E-state index contributed by atoms with van der Waals surface area (Å²) in [5.41, 5.74) is 5.69. The molecule has 4 amide bonds. The molecule has 2 heterocycles. The Balaban J connectivity index is 1.35. The summed E-state index contributed by atoms with van der Waals surface area (Å²) in [4.78, 5) is 60.1. The predicted molar refractivity (Wildman–Crippen MR) is 197 cm³/mol. The second-order valence-corrected chi connectivity index (χ2v) is 14.8. The Hall–Kier alpha value is -5.42. The quantitative estimate of drug-likeness (QED) is 0.158. The van der Waals surface area contributed by atoms with Gasteiger partial charge in [0.15, 0.2) is 11.5 Å². The van der Waals surface area contributed by atoms with Crippen molar-refractivity contribution < 1.29 is 33.8 Å². The average molecular weight is 763 g/mol. The number of halogens is 1. The Bertz CT molecular complexity index is 2130. The molecule has 4 aromatic carbocycles. The minimum atomic E-state index is -1.48. The second-order valence-electron chi connectivity index (χ2n) is 13.9. The first-order valence-corrected chi connectivity index (χ1v) is 17.9. The maximum atomic E-state index is 15.4. The van der Waals surface area contributed by atoms with Crippen LogP contribution in [0.3, 0.4) is 0 Å². The summed E-state index contributed by atoms with van der Waals surface area (Å²) in [6.07, 6.45) is 2.43. The molecule has 264 valence electrons. The second kappa shape index (κ2) is 12.7. The zero-order chi connectivity index (χ0) is 36.5. The van der Waals surface area contributed by atoms with Crippen molar-refractivity contribution in [3.8, 4) is 17.2 Å². The summed E-state index contributed by atoms with van der Waals surface area (Å²) >= 11 is 3.44. The Morgan fingerprint density at radius 2 is 1.48 bits per heavy atom. The fourth-order valence-corrected chi connectivity index (χ4v) is 9.31. The normalized spacial score (nSPS) is 26.5. The topological polar surface area (TPSA) is 125 Å². The molecule has 3 fully saturated rings. The molecular weight excluding hydrogens is 726 g/mol. The summed E-state index contributed by atoms with van der Waals surface area (Å²) in [5.74, 6) is -5.11. The van der Waals surface area contributed by atoms with Gasteiger partial charge in [0, 0.05) is 10.4 Å². The van der Waals surface area contributed by atoms with E-state index >= 15 is 4.79 Å². The van der Waals surface area contributed by atoms with Crippen LogP contribution in [-0.4, -0.2) is 48.0 Å². The number of hydrogen-bond donors (Lipinski definition) is 2. The molecule has 0 radical (unpaired) electrons. The van der Waals surface area contributed by atoms with Crippen LogP contribution in [0, 0.1) is 30.6 Å². The summed E-state index contributed by atoms with van der Waals surface area (Å²) < 4.78 is 12.0. The summed E-state index contributed by atoms with van der Waals surface area (Å²) in [6.45, 7) is 1.95. The lowest BCUT2D eigenvalue weighted by Crippen LogP contribution is -2.53. The first kappa shape index (κ1) is 33.7. The molecular formula is C41H36BrN3O7. The van der Waals surface area contributed by atoms with Gasteiger partial charge in [0.1, 0.15) is 0 Å². The van der Waals surface area contributed by atoms with Crippen LogP contribution in [0.5, 0.6) is 17.2 Å². The predicted octanol–water partition coefficient (Wildman–Crippen LogP) is 6.67. The van der Waals surface area contributed by atoms with Crippen molar-refractivity contribution in [2.75, 3.05) is 24.5 Å². The standard InChI is InChI=1S/C41H36BrN3O7/c1-22-9-13-26(14-10-22)43-45-38(48)31-21-30-28(17-18-29-34(30)39(49)44(37(29)47)27-15-11-25(42)12-16-27)35(23-19-32(51-2)36(46)33(20-23)52-3)41(31,40(45)50)24-7-5-4-6-8-24/h4-17,19-20,29-31,34-35,43,46H,18,21H2,1-3H3. The lowest BCUT2D eigenvalue weighted by atomic mass is 9.49. The number of anilines is 2. The molecule has 6 unspecified atom stereocenters. The maximum Gasteiger partial charge on any atom is 0.260 e. The number of nitrogens with one attached hydrogen (secondary N) is 1. The molecule has 1 saturated carbocycles. The van der Waals surface area contributed by atoms with Crippen molar-refractivity contribution in [3.05, 3.63) is 124 Å². The number of phenolic OH excluding ortho intramolecular Hbond substituents is 1. The first-order valence-electron chi connectivity index (χ1n) is 17.2. The number of aryl methyl sites for hydroxylation is 1. The molecule has 0 aromatic heterocycles. The molecule has 0 bridgehead atoms. The molecule has 0 spiro atoms. The molecule has 4 aromatic rings. The third-order valence-corrected chi connectivity index (χ3v) is 11.8. The molecule has 4 aliphatic rings. The number of methoxy groups -OCH3 is 2. The van der Waals surface area contributed by atoms with E-state index in [2.05, 4.69) is 21.4 Å². The Labute approximate surface area is 309 Å².